The van der Waals surface area contributed by atoms with Crippen molar-refractivity contribution in [1.82, 2.24) is 5.32 Å². The summed E-state index contributed by atoms with van der Waals surface area (Å²) in [6, 6.07) is 7.13. The monoisotopic (exact) mass is 332 g/mol. The van der Waals surface area contributed by atoms with Crippen molar-refractivity contribution >= 4 is 12.3 Å². The Morgan fingerprint density at radius 2 is 1.88 bits per heavy atom. The van der Waals surface area contributed by atoms with Crippen LogP contribution in [0.25, 0.3) is 11.1 Å². The van der Waals surface area contributed by atoms with Gasteiger partial charge in [0.2, 0.25) is 12.3 Å². The first kappa shape index (κ1) is 17.6. The smallest absolute Gasteiger partial charge is 0.219 e. The third kappa shape index (κ3) is 3.59. The highest BCUT2D eigenvalue weighted by Crippen LogP contribution is 2.32. The van der Waals surface area contributed by atoms with E-state index in [9.17, 15) is 18.4 Å². The summed E-state index contributed by atoms with van der Waals surface area (Å²) >= 11 is 0. The van der Waals surface area contributed by atoms with Crippen LogP contribution in [0.5, 0.6) is 0 Å². The van der Waals surface area contributed by atoms with Crippen LogP contribution in [0.2, 0.25) is 0 Å². The van der Waals surface area contributed by atoms with E-state index in [0.29, 0.717) is 12.0 Å². The van der Waals surface area contributed by atoms with Crippen LogP contribution in [0.15, 0.2) is 30.3 Å². The first-order valence-electron chi connectivity index (χ1n) is 7.38. The molecule has 0 aliphatic rings. The summed E-state index contributed by atoms with van der Waals surface area (Å²) in [5.74, 6) is -2.88. The van der Waals surface area contributed by atoms with E-state index >= 15 is 0 Å². The maximum atomic E-state index is 14.2. The molecule has 0 bridgehead atoms. The Hall–Kier alpha value is -2.76. The summed E-state index contributed by atoms with van der Waals surface area (Å²) in [7, 11) is 0. The van der Waals surface area contributed by atoms with E-state index in [1.807, 2.05) is 32.0 Å². The Balaban J connectivity index is 2.63. The third-order valence-electron chi connectivity index (χ3n) is 3.88. The van der Waals surface area contributed by atoms with Crippen LogP contribution in [-0.4, -0.2) is 12.3 Å². The lowest BCUT2D eigenvalue weighted by Crippen LogP contribution is -2.26. The lowest BCUT2D eigenvalue weighted by molar-refractivity contribution is -0.118. The van der Waals surface area contributed by atoms with Gasteiger partial charge in [-0.3, -0.25) is 9.59 Å². The van der Waals surface area contributed by atoms with E-state index in [-0.39, 0.29) is 12.0 Å². The molecule has 0 saturated heterocycles. The van der Waals surface area contributed by atoms with Crippen molar-refractivity contribution in [3.8, 4) is 11.1 Å². The number of hydrogen-bond acceptors (Lipinski definition) is 2. The second-order valence-electron chi connectivity index (χ2n) is 5.64. The molecular formula is C18H18F2N2O2. The Morgan fingerprint density at radius 3 is 2.42 bits per heavy atom. The number of carbonyl (C=O) groups excluding carboxylic acids is 2. The summed E-state index contributed by atoms with van der Waals surface area (Å²) in [5.41, 5.74) is 8.08. The molecule has 0 heterocycles. The minimum absolute atomic E-state index is 0.112. The average Bonchev–Trinajstić information content (AvgIpc) is 2.49. The number of benzene rings is 2. The summed E-state index contributed by atoms with van der Waals surface area (Å²) < 4.78 is 28.4. The van der Waals surface area contributed by atoms with Crippen LogP contribution in [0.3, 0.4) is 0 Å². The van der Waals surface area contributed by atoms with Gasteiger partial charge in [-0.05, 0) is 48.2 Å². The van der Waals surface area contributed by atoms with Gasteiger partial charge in [0.25, 0.3) is 0 Å². The number of amides is 2. The fraction of sp³-hybridized carbons (Fsp3) is 0.222. The maximum Gasteiger partial charge on any atom is 0.219 e. The molecule has 0 fully saturated rings. The lowest BCUT2D eigenvalue weighted by Gasteiger charge is -2.18. The van der Waals surface area contributed by atoms with Crippen LogP contribution in [0.4, 0.5) is 8.78 Å². The Labute approximate surface area is 138 Å². The average molecular weight is 332 g/mol. The molecule has 0 aromatic heterocycles. The van der Waals surface area contributed by atoms with Gasteiger partial charge < -0.3 is 11.1 Å². The van der Waals surface area contributed by atoms with Crippen molar-refractivity contribution in [3.05, 3.63) is 58.7 Å². The molecule has 6 heteroatoms. The van der Waals surface area contributed by atoms with Crippen molar-refractivity contribution in [2.75, 3.05) is 0 Å². The molecule has 3 N–H and O–H groups in total. The molecule has 2 rings (SSSR count). The van der Waals surface area contributed by atoms with E-state index < -0.39 is 23.6 Å². The van der Waals surface area contributed by atoms with Crippen molar-refractivity contribution < 1.29 is 18.4 Å². The Bertz CT molecular complexity index is 771. The fourth-order valence-electron chi connectivity index (χ4n) is 2.82. The predicted molar refractivity (Wildman–Crippen MR) is 87.0 cm³/mol. The van der Waals surface area contributed by atoms with Crippen molar-refractivity contribution in [1.29, 1.82) is 0 Å². The molecular weight excluding hydrogens is 314 g/mol. The van der Waals surface area contributed by atoms with Crippen LogP contribution < -0.4 is 11.1 Å². The van der Waals surface area contributed by atoms with Gasteiger partial charge in [0.15, 0.2) is 11.6 Å². The van der Waals surface area contributed by atoms with Gasteiger partial charge in [0, 0.05) is 5.56 Å². The number of nitrogens with two attached hydrogens (primary N) is 1. The van der Waals surface area contributed by atoms with Crippen molar-refractivity contribution in [3.63, 3.8) is 0 Å². The molecule has 126 valence electrons. The number of rotatable bonds is 6. The van der Waals surface area contributed by atoms with Gasteiger partial charge in [-0.25, -0.2) is 8.78 Å². The van der Waals surface area contributed by atoms with Gasteiger partial charge in [-0.2, -0.15) is 0 Å². The minimum Gasteiger partial charge on any atom is -0.370 e. The van der Waals surface area contributed by atoms with E-state index in [1.165, 1.54) is 6.07 Å². The molecule has 0 spiro atoms. The van der Waals surface area contributed by atoms with E-state index in [2.05, 4.69) is 5.32 Å². The highest BCUT2D eigenvalue weighted by Gasteiger charge is 2.22. The number of hydrogen-bond donors (Lipinski definition) is 2. The summed E-state index contributed by atoms with van der Waals surface area (Å²) in [4.78, 5) is 21.9. The first-order valence-corrected chi connectivity index (χ1v) is 7.38. The van der Waals surface area contributed by atoms with Gasteiger partial charge in [0.05, 0.1) is 12.5 Å². The summed E-state index contributed by atoms with van der Waals surface area (Å²) in [6.45, 7) is 3.74. The topological polar surface area (TPSA) is 72.2 Å². The van der Waals surface area contributed by atoms with Crippen LogP contribution in [0.1, 0.15) is 29.2 Å². The number of aryl methyl sites for hydroxylation is 2. The van der Waals surface area contributed by atoms with Crippen molar-refractivity contribution in [2.45, 2.75) is 26.3 Å². The zero-order valence-electron chi connectivity index (χ0n) is 13.4. The van der Waals surface area contributed by atoms with E-state index in [4.69, 9.17) is 5.73 Å². The van der Waals surface area contributed by atoms with E-state index in [1.54, 1.807) is 0 Å². The van der Waals surface area contributed by atoms with Gasteiger partial charge in [-0.1, -0.05) is 18.2 Å². The molecule has 2 amide bonds. The molecule has 0 aliphatic carbocycles. The predicted octanol–water partition coefficient (Wildman–Crippen LogP) is 2.91. The second-order valence-corrected chi connectivity index (χ2v) is 5.64. The minimum atomic E-state index is -1.11. The van der Waals surface area contributed by atoms with Gasteiger partial charge in [0.1, 0.15) is 0 Å². The number of halogens is 2. The number of carbonyl (C=O) groups is 2. The zero-order chi connectivity index (χ0) is 17.9. The normalized spacial score (nSPS) is 11.8. The SMILES string of the molecule is Cc1cccc(C)c1-c1cc(F)c(F)c(C(CC(N)=O)NC=O)c1. The number of primary amides is 1. The van der Waals surface area contributed by atoms with E-state index in [0.717, 1.165) is 22.8 Å². The maximum absolute atomic E-state index is 14.2. The standard InChI is InChI=1S/C18H18F2N2O2/c1-10-4-3-5-11(2)17(10)12-6-13(18(20)14(19)7-12)15(22-9-23)8-16(21)24/h3-7,9,15H,8H2,1-2H3,(H2,21,24)(H,22,23). The van der Waals surface area contributed by atoms with Crippen LogP contribution in [0, 0.1) is 25.5 Å². The van der Waals surface area contributed by atoms with Crippen LogP contribution >= 0.6 is 0 Å². The highest BCUT2D eigenvalue weighted by molar-refractivity contribution is 5.76. The quantitative estimate of drug-likeness (QED) is 0.798. The Kier molecular flexibility index (Phi) is 5.28. The molecule has 4 nitrogen and oxygen atoms in total. The molecule has 2 aromatic carbocycles. The molecule has 0 saturated carbocycles. The summed E-state index contributed by atoms with van der Waals surface area (Å²) in [5, 5.41) is 2.32. The molecule has 0 radical (unpaired) electrons. The fourth-order valence-corrected chi connectivity index (χ4v) is 2.82. The van der Waals surface area contributed by atoms with Gasteiger partial charge >= 0.3 is 0 Å². The molecule has 2 aromatic rings. The largest absolute Gasteiger partial charge is 0.370 e. The van der Waals surface area contributed by atoms with Crippen molar-refractivity contribution in [2.24, 2.45) is 5.73 Å². The first-order chi connectivity index (χ1) is 11.3. The van der Waals surface area contributed by atoms with Gasteiger partial charge in [-0.15, -0.1) is 0 Å². The molecule has 24 heavy (non-hydrogen) atoms. The number of nitrogens with one attached hydrogen (secondary N) is 1. The lowest BCUT2D eigenvalue weighted by atomic mass is 9.92. The highest BCUT2D eigenvalue weighted by atomic mass is 19.2. The Morgan fingerprint density at radius 1 is 1.25 bits per heavy atom. The molecule has 0 aliphatic heterocycles. The second kappa shape index (κ2) is 7.21. The molecule has 1 unspecified atom stereocenters. The third-order valence-corrected chi connectivity index (χ3v) is 3.88. The van der Waals surface area contributed by atoms with Crippen LogP contribution in [-0.2, 0) is 9.59 Å². The summed E-state index contributed by atoms with van der Waals surface area (Å²) in [6.07, 6.45) is 0.00193. The molecule has 1 atom stereocenters. The zero-order valence-corrected chi connectivity index (χ0v) is 13.4.